The third-order valence-electron chi connectivity index (χ3n) is 6.31. The minimum absolute atomic E-state index is 0.132. The molecule has 0 aliphatic heterocycles. The summed E-state index contributed by atoms with van der Waals surface area (Å²) in [5, 5.41) is 31.8. The Labute approximate surface area is 220 Å². The van der Waals surface area contributed by atoms with Crippen LogP contribution in [0.2, 0.25) is 0 Å². The van der Waals surface area contributed by atoms with Gasteiger partial charge >= 0.3 is 5.97 Å². The van der Waals surface area contributed by atoms with Crippen molar-refractivity contribution in [2.75, 3.05) is 0 Å². The lowest BCUT2D eigenvalue weighted by Crippen LogP contribution is -2.37. The number of aromatic hydroxyl groups is 1. The van der Waals surface area contributed by atoms with Crippen LogP contribution in [-0.2, 0) is 4.79 Å². The van der Waals surface area contributed by atoms with Crippen LogP contribution in [0, 0.1) is 27.7 Å². The van der Waals surface area contributed by atoms with Gasteiger partial charge in [0.15, 0.2) is 17.0 Å². The first-order valence-corrected chi connectivity index (χ1v) is 12.0. The molecule has 0 spiro atoms. The van der Waals surface area contributed by atoms with Crippen LogP contribution in [0.5, 0.6) is 11.5 Å². The summed E-state index contributed by atoms with van der Waals surface area (Å²) in [6.07, 6.45) is 0. The first-order valence-electron chi connectivity index (χ1n) is 12.0. The van der Waals surface area contributed by atoms with Crippen molar-refractivity contribution in [3.05, 3.63) is 87.3 Å². The van der Waals surface area contributed by atoms with Gasteiger partial charge < -0.3 is 14.9 Å². The van der Waals surface area contributed by atoms with E-state index in [4.69, 9.17) is 4.74 Å². The highest BCUT2D eigenvalue weighted by atomic mass is 16.5. The average Bonchev–Trinajstić information content (AvgIpc) is 3.12. The molecule has 0 aliphatic carbocycles. The summed E-state index contributed by atoms with van der Waals surface area (Å²) < 4.78 is 7.11. The molecule has 0 amide bonds. The second kappa shape index (κ2) is 10.0. The van der Waals surface area contributed by atoms with Gasteiger partial charge in [0.05, 0.1) is 11.4 Å². The van der Waals surface area contributed by atoms with Crippen LogP contribution in [-0.4, -0.2) is 31.6 Å². The van der Waals surface area contributed by atoms with Crippen molar-refractivity contribution in [1.82, 2.24) is 9.78 Å². The number of nitrogens with zero attached hydrogens (tertiary/aromatic N) is 3. The molecule has 3 aromatic carbocycles. The van der Waals surface area contributed by atoms with Crippen molar-refractivity contribution in [2.45, 2.75) is 47.1 Å². The van der Waals surface area contributed by atoms with Gasteiger partial charge in [0, 0.05) is 5.56 Å². The van der Waals surface area contributed by atoms with Gasteiger partial charge in [-0.05, 0) is 94.1 Å². The van der Waals surface area contributed by atoms with Gasteiger partial charge in [-0.2, -0.15) is 0 Å². The Morgan fingerprint density at radius 3 is 2.39 bits per heavy atom. The van der Waals surface area contributed by atoms with Crippen molar-refractivity contribution < 1.29 is 19.7 Å². The summed E-state index contributed by atoms with van der Waals surface area (Å²) in [6.45, 7) is 10.5. The molecule has 0 fully saturated rings. The number of aromatic nitrogens is 2. The molecule has 4 rings (SSSR count). The fourth-order valence-corrected chi connectivity index (χ4v) is 3.95. The van der Waals surface area contributed by atoms with Crippen LogP contribution in [0.15, 0.2) is 69.6 Å². The molecular formula is C29H30N4O5. The molecule has 0 atom stereocenters. The molecule has 3 N–H and O–H groups in total. The number of carboxylic acid groups (broad SMARTS) is 1. The smallest absolute Gasteiger partial charge is 0.347 e. The van der Waals surface area contributed by atoms with Crippen molar-refractivity contribution in [3.8, 4) is 28.3 Å². The predicted molar refractivity (Wildman–Crippen MR) is 145 cm³/mol. The maximum Gasteiger partial charge on any atom is 0.347 e. The fraction of sp³-hybridized carbons (Fsp3) is 0.241. The van der Waals surface area contributed by atoms with E-state index in [1.165, 1.54) is 18.5 Å². The number of ether oxygens (including phenoxy) is 1. The van der Waals surface area contributed by atoms with Crippen LogP contribution in [0.4, 0.5) is 11.4 Å². The number of aliphatic carboxylic acids is 1. The zero-order valence-electron chi connectivity index (χ0n) is 22.2. The molecule has 0 aliphatic rings. The molecule has 196 valence electrons. The molecule has 9 heteroatoms. The normalized spacial score (nSPS) is 11.7. The number of hydrogen-bond donors (Lipinski definition) is 3. The van der Waals surface area contributed by atoms with Crippen molar-refractivity contribution in [3.63, 3.8) is 0 Å². The zero-order valence-corrected chi connectivity index (χ0v) is 22.2. The Kier molecular flexibility index (Phi) is 6.95. The summed E-state index contributed by atoms with van der Waals surface area (Å²) >= 11 is 0. The molecule has 1 heterocycles. The standard InChI is InChI=1S/C29H30N4O5/c1-16-12-20(15-22(13-16)38-29(5,6)28(36)37)23-8-7-9-24(26(23)34)30-31-25-19(4)32-33(27(25)35)21-11-10-17(2)18(3)14-21/h7-15,32,34H,1-6H3,(H,36,37). The Hall–Kier alpha value is -4.66. The van der Waals surface area contributed by atoms with E-state index in [2.05, 4.69) is 15.3 Å². The second-order valence-corrected chi connectivity index (χ2v) is 9.82. The molecule has 0 radical (unpaired) electrons. The first-order chi connectivity index (χ1) is 17.9. The molecular weight excluding hydrogens is 484 g/mol. The number of phenols is 1. The quantitative estimate of drug-likeness (QED) is 0.245. The molecule has 0 unspecified atom stereocenters. The number of rotatable bonds is 7. The van der Waals surface area contributed by atoms with E-state index in [9.17, 15) is 19.8 Å². The van der Waals surface area contributed by atoms with E-state index in [0.717, 1.165) is 16.7 Å². The number of hydrogen-bond acceptors (Lipinski definition) is 6. The zero-order chi connectivity index (χ0) is 27.8. The molecule has 4 aromatic rings. The Morgan fingerprint density at radius 1 is 0.974 bits per heavy atom. The summed E-state index contributed by atoms with van der Waals surface area (Å²) in [5.74, 6) is -0.871. The van der Waals surface area contributed by atoms with Gasteiger partial charge in [-0.25, -0.2) is 9.48 Å². The Balaban J connectivity index is 1.69. The maximum atomic E-state index is 13.1. The summed E-state index contributed by atoms with van der Waals surface area (Å²) in [7, 11) is 0. The van der Waals surface area contributed by atoms with E-state index in [1.807, 2.05) is 45.0 Å². The molecule has 9 nitrogen and oxygen atoms in total. The van der Waals surface area contributed by atoms with E-state index in [-0.39, 0.29) is 22.7 Å². The van der Waals surface area contributed by atoms with Gasteiger partial charge in [-0.3, -0.25) is 9.89 Å². The van der Waals surface area contributed by atoms with E-state index in [0.29, 0.717) is 28.3 Å². The van der Waals surface area contributed by atoms with Crippen molar-refractivity contribution in [2.24, 2.45) is 10.2 Å². The van der Waals surface area contributed by atoms with Crippen molar-refractivity contribution >= 4 is 17.3 Å². The van der Waals surface area contributed by atoms with Crippen LogP contribution in [0.1, 0.15) is 36.2 Å². The average molecular weight is 515 g/mol. The largest absolute Gasteiger partial charge is 0.505 e. The Bertz CT molecular complexity index is 1630. The van der Waals surface area contributed by atoms with Crippen LogP contribution < -0.4 is 10.3 Å². The number of para-hydroxylation sites is 1. The topological polar surface area (TPSA) is 129 Å². The fourth-order valence-electron chi connectivity index (χ4n) is 3.95. The third-order valence-corrected chi connectivity index (χ3v) is 6.31. The lowest BCUT2D eigenvalue weighted by Gasteiger charge is -2.22. The number of carboxylic acids is 1. The van der Waals surface area contributed by atoms with Gasteiger partial charge in [-0.15, -0.1) is 10.2 Å². The van der Waals surface area contributed by atoms with E-state index < -0.39 is 11.6 Å². The number of azo groups is 1. The van der Waals surface area contributed by atoms with Gasteiger partial charge in [0.1, 0.15) is 11.4 Å². The highest BCUT2D eigenvalue weighted by molar-refractivity contribution is 5.79. The number of aryl methyl sites for hydroxylation is 4. The molecule has 0 saturated carbocycles. The Morgan fingerprint density at radius 2 is 1.71 bits per heavy atom. The summed E-state index contributed by atoms with van der Waals surface area (Å²) in [4.78, 5) is 24.6. The SMILES string of the molecule is Cc1cc(OC(C)(C)C(=O)O)cc(-c2cccc(N=Nc3c(C)[nH]n(-c4ccc(C)c(C)c4)c3=O)c2O)c1. The van der Waals surface area contributed by atoms with Gasteiger partial charge in [0.25, 0.3) is 5.56 Å². The van der Waals surface area contributed by atoms with Crippen LogP contribution in [0.25, 0.3) is 16.8 Å². The molecule has 0 bridgehead atoms. The molecule has 0 saturated heterocycles. The van der Waals surface area contributed by atoms with Crippen LogP contribution >= 0.6 is 0 Å². The van der Waals surface area contributed by atoms with Crippen molar-refractivity contribution in [1.29, 1.82) is 0 Å². The second-order valence-electron chi connectivity index (χ2n) is 9.82. The molecule has 1 aromatic heterocycles. The minimum atomic E-state index is -1.43. The van der Waals surface area contributed by atoms with Gasteiger partial charge in [0.2, 0.25) is 0 Å². The maximum absolute atomic E-state index is 13.1. The first kappa shape index (κ1) is 26.4. The summed E-state index contributed by atoms with van der Waals surface area (Å²) in [6, 6.07) is 16.0. The monoisotopic (exact) mass is 514 g/mol. The van der Waals surface area contributed by atoms with E-state index in [1.54, 1.807) is 37.3 Å². The summed E-state index contributed by atoms with van der Waals surface area (Å²) in [5.41, 5.74) is 3.83. The van der Waals surface area contributed by atoms with Gasteiger partial charge in [-0.1, -0.05) is 24.3 Å². The highest BCUT2D eigenvalue weighted by Gasteiger charge is 2.29. The number of H-pyrrole nitrogens is 1. The molecule has 38 heavy (non-hydrogen) atoms. The highest BCUT2D eigenvalue weighted by Crippen LogP contribution is 2.39. The van der Waals surface area contributed by atoms with Crippen LogP contribution in [0.3, 0.4) is 0 Å². The number of carbonyl (C=O) groups is 1. The number of benzene rings is 3. The lowest BCUT2D eigenvalue weighted by atomic mass is 10.0. The minimum Gasteiger partial charge on any atom is -0.505 e. The predicted octanol–water partition coefficient (Wildman–Crippen LogP) is 6.43. The number of nitrogens with one attached hydrogen (secondary N) is 1. The number of aromatic amines is 1. The van der Waals surface area contributed by atoms with E-state index >= 15 is 0 Å². The third kappa shape index (κ3) is 5.22. The number of phenolic OH excluding ortho intramolecular Hbond substituents is 1. The lowest BCUT2D eigenvalue weighted by molar-refractivity contribution is -0.152.